The summed E-state index contributed by atoms with van der Waals surface area (Å²) in [5, 5.41) is 16.5. The standard InChI is InChI=1S/C14H18N2O4/c1-18-13-4-2-3-5-14(13)19-10-11(17)8-15-9-12-6-7-16-20-12/h2-7,11,15,17H,8-10H2,1H3. The molecule has 1 atom stereocenters. The molecule has 0 aliphatic carbocycles. The van der Waals surface area contributed by atoms with Crippen molar-refractivity contribution in [1.82, 2.24) is 10.5 Å². The summed E-state index contributed by atoms with van der Waals surface area (Å²) >= 11 is 0. The fourth-order valence-electron chi connectivity index (χ4n) is 1.68. The molecule has 0 bridgehead atoms. The normalized spacial score (nSPS) is 12.1. The molecule has 0 saturated heterocycles. The van der Waals surface area contributed by atoms with E-state index >= 15 is 0 Å². The molecule has 0 fully saturated rings. The third-order valence-electron chi connectivity index (χ3n) is 2.67. The van der Waals surface area contributed by atoms with E-state index in [0.29, 0.717) is 24.6 Å². The summed E-state index contributed by atoms with van der Waals surface area (Å²) < 4.78 is 15.6. The molecule has 20 heavy (non-hydrogen) atoms. The highest BCUT2D eigenvalue weighted by molar-refractivity contribution is 5.39. The molecule has 0 radical (unpaired) electrons. The first-order valence-corrected chi connectivity index (χ1v) is 6.33. The average molecular weight is 278 g/mol. The number of hydrogen-bond acceptors (Lipinski definition) is 6. The third kappa shape index (κ3) is 4.25. The lowest BCUT2D eigenvalue weighted by Crippen LogP contribution is -2.31. The van der Waals surface area contributed by atoms with Crippen LogP contribution in [-0.2, 0) is 6.54 Å². The fourth-order valence-corrected chi connectivity index (χ4v) is 1.68. The van der Waals surface area contributed by atoms with Gasteiger partial charge in [-0.3, -0.25) is 0 Å². The molecule has 0 aliphatic heterocycles. The van der Waals surface area contributed by atoms with Crippen molar-refractivity contribution in [3.8, 4) is 11.5 Å². The molecular weight excluding hydrogens is 260 g/mol. The van der Waals surface area contributed by atoms with Crippen LogP contribution >= 0.6 is 0 Å². The van der Waals surface area contributed by atoms with Crippen LogP contribution in [0.1, 0.15) is 5.76 Å². The quantitative estimate of drug-likeness (QED) is 0.756. The zero-order chi connectivity index (χ0) is 14.2. The van der Waals surface area contributed by atoms with Crippen molar-refractivity contribution in [2.24, 2.45) is 0 Å². The molecule has 0 saturated carbocycles. The Morgan fingerprint density at radius 3 is 2.80 bits per heavy atom. The van der Waals surface area contributed by atoms with E-state index in [1.165, 1.54) is 0 Å². The number of ether oxygens (including phenoxy) is 2. The molecule has 1 unspecified atom stereocenters. The van der Waals surface area contributed by atoms with E-state index in [4.69, 9.17) is 14.0 Å². The first kappa shape index (κ1) is 14.4. The molecule has 108 valence electrons. The van der Waals surface area contributed by atoms with Gasteiger partial charge in [0.1, 0.15) is 18.5 Å². The molecule has 1 aromatic carbocycles. The van der Waals surface area contributed by atoms with Gasteiger partial charge in [-0.1, -0.05) is 17.3 Å². The van der Waals surface area contributed by atoms with Gasteiger partial charge in [0, 0.05) is 12.6 Å². The Kier molecular flexibility index (Phi) is 5.40. The van der Waals surface area contributed by atoms with E-state index in [1.54, 1.807) is 25.4 Å². The molecule has 2 N–H and O–H groups in total. The van der Waals surface area contributed by atoms with Gasteiger partial charge in [0.2, 0.25) is 0 Å². The predicted octanol–water partition coefficient (Wildman–Crippen LogP) is 1.21. The second-order valence-corrected chi connectivity index (χ2v) is 4.23. The summed E-state index contributed by atoms with van der Waals surface area (Å²) in [7, 11) is 1.58. The van der Waals surface area contributed by atoms with Gasteiger partial charge in [-0.25, -0.2) is 0 Å². The predicted molar refractivity (Wildman–Crippen MR) is 72.7 cm³/mol. The molecule has 6 heteroatoms. The van der Waals surface area contributed by atoms with Crippen molar-refractivity contribution in [3.63, 3.8) is 0 Å². The van der Waals surface area contributed by atoms with Crippen molar-refractivity contribution in [1.29, 1.82) is 0 Å². The zero-order valence-electron chi connectivity index (χ0n) is 11.3. The Bertz CT molecular complexity index is 502. The third-order valence-corrected chi connectivity index (χ3v) is 2.67. The van der Waals surface area contributed by atoms with E-state index in [-0.39, 0.29) is 6.61 Å². The second-order valence-electron chi connectivity index (χ2n) is 4.23. The average Bonchev–Trinajstić information content (AvgIpc) is 2.98. The molecule has 2 aromatic rings. The van der Waals surface area contributed by atoms with Gasteiger partial charge in [-0.2, -0.15) is 0 Å². The van der Waals surface area contributed by atoms with Crippen molar-refractivity contribution in [2.45, 2.75) is 12.6 Å². The van der Waals surface area contributed by atoms with E-state index in [2.05, 4.69) is 10.5 Å². The Hall–Kier alpha value is -2.05. The lowest BCUT2D eigenvalue weighted by Gasteiger charge is -2.14. The number of aromatic nitrogens is 1. The smallest absolute Gasteiger partial charge is 0.161 e. The van der Waals surface area contributed by atoms with Crippen LogP contribution in [0.2, 0.25) is 0 Å². The second kappa shape index (κ2) is 7.52. The zero-order valence-corrected chi connectivity index (χ0v) is 11.3. The number of benzene rings is 1. The number of nitrogens with zero attached hydrogens (tertiary/aromatic N) is 1. The summed E-state index contributed by atoms with van der Waals surface area (Å²) in [6.07, 6.45) is 0.959. The Balaban J connectivity index is 1.70. The Morgan fingerprint density at radius 1 is 1.30 bits per heavy atom. The highest BCUT2D eigenvalue weighted by Crippen LogP contribution is 2.25. The van der Waals surface area contributed by atoms with Crippen molar-refractivity contribution in [2.75, 3.05) is 20.3 Å². The number of para-hydroxylation sites is 2. The van der Waals surface area contributed by atoms with Gasteiger partial charge in [0.25, 0.3) is 0 Å². The molecule has 6 nitrogen and oxygen atoms in total. The van der Waals surface area contributed by atoms with E-state index in [1.807, 2.05) is 18.2 Å². The largest absolute Gasteiger partial charge is 0.493 e. The van der Waals surface area contributed by atoms with Crippen molar-refractivity contribution in [3.05, 3.63) is 42.3 Å². The summed E-state index contributed by atoms with van der Waals surface area (Å²) in [5.41, 5.74) is 0. The SMILES string of the molecule is COc1ccccc1OCC(O)CNCc1ccno1. The maximum Gasteiger partial charge on any atom is 0.161 e. The maximum atomic E-state index is 9.83. The van der Waals surface area contributed by atoms with Gasteiger partial charge >= 0.3 is 0 Å². The fraction of sp³-hybridized carbons (Fsp3) is 0.357. The highest BCUT2D eigenvalue weighted by atomic mass is 16.5. The van der Waals surface area contributed by atoms with Crippen LogP contribution in [0.4, 0.5) is 0 Å². The molecule has 0 spiro atoms. The van der Waals surface area contributed by atoms with Crippen LogP contribution in [0.3, 0.4) is 0 Å². The van der Waals surface area contributed by atoms with Crippen LogP contribution in [0.25, 0.3) is 0 Å². The van der Waals surface area contributed by atoms with Gasteiger partial charge in [0.15, 0.2) is 11.5 Å². The summed E-state index contributed by atoms with van der Waals surface area (Å²) in [5.74, 6) is 1.99. The lowest BCUT2D eigenvalue weighted by atomic mass is 10.3. The number of rotatable bonds is 8. The Labute approximate surface area is 117 Å². The van der Waals surface area contributed by atoms with Gasteiger partial charge < -0.3 is 24.4 Å². The van der Waals surface area contributed by atoms with Crippen LogP contribution < -0.4 is 14.8 Å². The first-order chi connectivity index (χ1) is 9.79. The highest BCUT2D eigenvalue weighted by Gasteiger charge is 2.08. The van der Waals surface area contributed by atoms with Crippen molar-refractivity contribution < 1.29 is 19.1 Å². The number of nitrogens with one attached hydrogen (secondary N) is 1. The van der Waals surface area contributed by atoms with Crippen LogP contribution in [0.15, 0.2) is 41.1 Å². The lowest BCUT2D eigenvalue weighted by molar-refractivity contribution is 0.104. The Morgan fingerprint density at radius 2 is 2.10 bits per heavy atom. The molecule has 0 amide bonds. The van der Waals surface area contributed by atoms with Crippen LogP contribution in [0.5, 0.6) is 11.5 Å². The summed E-state index contributed by atoms with van der Waals surface area (Å²) in [4.78, 5) is 0. The summed E-state index contributed by atoms with van der Waals surface area (Å²) in [6.45, 7) is 1.10. The van der Waals surface area contributed by atoms with Crippen LogP contribution in [-0.4, -0.2) is 36.6 Å². The van der Waals surface area contributed by atoms with Gasteiger partial charge in [-0.05, 0) is 12.1 Å². The molecular formula is C14H18N2O4. The minimum Gasteiger partial charge on any atom is -0.493 e. The van der Waals surface area contributed by atoms with Crippen LogP contribution in [0, 0.1) is 0 Å². The van der Waals surface area contributed by atoms with E-state index in [9.17, 15) is 5.11 Å². The number of aliphatic hydroxyl groups excluding tert-OH is 1. The molecule has 1 heterocycles. The minimum atomic E-state index is -0.622. The van der Waals surface area contributed by atoms with E-state index < -0.39 is 6.10 Å². The number of hydrogen-bond donors (Lipinski definition) is 2. The monoisotopic (exact) mass is 278 g/mol. The van der Waals surface area contributed by atoms with E-state index in [0.717, 1.165) is 5.76 Å². The first-order valence-electron chi connectivity index (χ1n) is 6.33. The summed E-state index contributed by atoms with van der Waals surface area (Å²) in [6, 6.07) is 9.09. The number of methoxy groups -OCH3 is 1. The van der Waals surface area contributed by atoms with Gasteiger partial charge in [0.05, 0.1) is 19.9 Å². The molecule has 0 aliphatic rings. The maximum absolute atomic E-state index is 9.83. The van der Waals surface area contributed by atoms with Crippen molar-refractivity contribution >= 4 is 0 Å². The number of aliphatic hydroxyl groups is 1. The molecule has 2 rings (SSSR count). The topological polar surface area (TPSA) is 76.8 Å². The minimum absolute atomic E-state index is 0.184. The van der Waals surface area contributed by atoms with Gasteiger partial charge in [-0.15, -0.1) is 0 Å². The molecule has 1 aromatic heterocycles.